The molecule has 0 aliphatic carbocycles. The van der Waals surface area contributed by atoms with Gasteiger partial charge in [-0.2, -0.15) is 0 Å². The minimum Gasteiger partial charge on any atom is -0.492 e. The molecule has 2 aromatic carbocycles. The van der Waals surface area contributed by atoms with E-state index in [1.54, 1.807) is 0 Å². The van der Waals surface area contributed by atoms with E-state index in [1.165, 1.54) is 10.5 Å². The molecule has 0 aromatic heterocycles. The van der Waals surface area contributed by atoms with E-state index in [4.69, 9.17) is 10.5 Å². The first-order valence-electron chi connectivity index (χ1n) is 6.95. The molecule has 2 atom stereocenters. The van der Waals surface area contributed by atoms with E-state index in [-0.39, 0.29) is 6.04 Å². The molecule has 0 spiro atoms. The Morgan fingerprint density at radius 3 is 2.90 bits per heavy atom. The summed E-state index contributed by atoms with van der Waals surface area (Å²) in [5.74, 6) is 0.913. The van der Waals surface area contributed by atoms with E-state index < -0.39 is 0 Å². The fourth-order valence-corrected chi connectivity index (χ4v) is 3.64. The van der Waals surface area contributed by atoms with Crippen LogP contribution in [0.1, 0.15) is 24.1 Å². The summed E-state index contributed by atoms with van der Waals surface area (Å²) in [7, 11) is 0. The molecule has 1 heterocycles. The van der Waals surface area contributed by atoms with Crippen molar-refractivity contribution < 1.29 is 4.74 Å². The Hall–Kier alpha value is -1.45. The highest BCUT2D eigenvalue weighted by atomic mass is 32.2. The number of hydrogen-bond donors (Lipinski definition) is 1. The van der Waals surface area contributed by atoms with Crippen LogP contribution in [0.4, 0.5) is 0 Å². The highest BCUT2D eigenvalue weighted by molar-refractivity contribution is 8.00. The quantitative estimate of drug-likeness (QED) is 0.928. The third-order valence-corrected chi connectivity index (χ3v) is 4.82. The number of benzene rings is 2. The van der Waals surface area contributed by atoms with E-state index in [0.29, 0.717) is 5.25 Å². The van der Waals surface area contributed by atoms with Gasteiger partial charge in [-0.25, -0.2) is 0 Å². The molecule has 20 heavy (non-hydrogen) atoms. The maximum absolute atomic E-state index is 5.94. The van der Waals surface area contributed by atoms with Gasteiger partial charge in [0.2, 0.25) is 0 Å². The first-order valence-corrected chi connectivity index (χ1v) is 7.83. The Bertz CT molecular complexity index is 572. The second-order valence-corrected chi connectivity index (χ2v) is 6.57. The first-order chi connectivity index (χ1) is 9.72. The molecule has 3 heteroatoms. The molecule has 104 valence electrons. The number of rotatable bonds is 4. The summed E-state index contributed by atoms with van der Waals surface area (Å²) in [6.07, 6.45) is 1.09. The number of nitrogens with two attached hydrogens (primary N) is 1. The van der Waals surface area contributed by atoms with Crippen molar-refractivity contribution in [1.29, 1.82) is 0 Å². The minimum absolute atomic E-state index is 0.0451. The molecule has 1 aliphatic heterocycles. The fourth-order valence-electron chi connectivity index (χ4n) is 2.42. The average molecular weight is 285 g/mol. The number of fused-ring (bicyclic) bond motifs is 1. The third-order valence-electron chi connectivity index (χ3n) is 3.53. The predicted octanol–water partition coefficient (Wildman–Crippen LogP) is 3.80. The van der Waals surface area contributed by atoms with Gasteiger partial charge in [-0.1, -0.05) is 30.3 Å². The average Bonchev–Trinajstić information content (AvgIpc) is 2.88. The van der Waals surface area contributed by atoms with E-state index in [1.807, 2.05) is 43.0 Å². The van der Waals surface area contributed by atoms with Crippen LogP contribution in [0.3, 0.4) is 0 Å². The maximum atomic E-state index is 5.94. The lowest BCUT2D eigenvalue weighted by Gasteiger charge is -2.13. The maximum Gasteiger partial charge on any atom is 0.119 e. The van der Waals surface area contributed by atoms with Gasteiger partial charge in [0.25, 0.3) is 0 Å². The normalized spacial score (nSPS) is 18.6. The van der Waals surface area contributed by atoms with Gasteiger partial charge in [0.05, 0.1) is 0 Å². The number of thioether (sulfide) groups is 1. The lowest BCUT2D eigenvalue weighted by Crippen LogP contribution is -2.13. The van der Waals surface area contributed by atoms with Crippen molar-refractivity contribution in [1.82, 2.24) is 0 Å². The molecule has 0 fully saturated rings. The monoisotopic (exact) mass is 285 g/mol. The van der Waals surface area contributed by atoms with E-state index in [9.17, 15) is 0 Å². The summed E-state index contributed by atoms with van der Waals surface area (Å²) in [4.78, 5) is 1.39. The van der Waals surface area contributed by atoms with Gasteiger partial charge in [0, 0.05) is 16.2 Å². The summed E-state index contributed by atoms with van der Waals surface area (Å²) in [5, 5.41) is 0.506. The molecule has 3 rings (SSSR count). The molecular formula is C17H19NOS. The van der Waals surface area contributed by atoms with Crippen LogP contribution in [0.15, 0.2) is 53.4 Å². The fraction of sp³-hybridized carbons (Fsp3) is 0.294. The molecule has 1 unspecified atom stereocenters. The highest BCUT2D eigenvalue weighted by Gasteiger charge is 2.22. The van der Waals surface area contributed by atoms with Crippen molar-refractivity contribution in [3.05, 3.63) is 59.7 Å². The van der Waals surface area contributed by atoms with Crippen molar-refractivity contribution in [2.75, 3.05) is 6.61 Å². The van der Waals surface area contributed by atoms with Gasteiger partial charge in [-0.05, 0) is 42.7 Å². The van der Waals surface area contributed by atoms with Crippen LogP contribution >= 0.6 is 11.8 Å². The van der Waals surface area contributed by atoms with Crippen molar-refractivity contribution in [3.8, 4) is 5.75 Å². The van der Waals surface area contributed by atoms with Gasteiger partial charge in [-0.15, -0.1) is 11.8 Å². The molecule has 0 bridgehead atoms. The van der Waals surface area contributed by atoms with Gasteiger partial charge in [0.15, 0.2) is 0 Å². The molecule has 1 aliphatic rings. The zero-order valence-corrected chi connectivity index (χ0v) is 12.4. The van der Waals surface area contributed by atoms with E-state index >= 15 is 0 Å². The second-order valence-electron chi connectivity index (χ2n) is 5.22. The van der Waals surface area contributed by atoms with Gasteiger partial charge in [0.1, 0.15) is 12.4 Å². The lowest BCUT2D eigenvalue weighted by atomic mass is 10.1. The zero-order valence-electron chi connectivity index (χ0n) is 11.6. The molecule has 2 aromatic rings. The summed E-state index contributed by atoms with van der Waals surface area (Å²) < 4.78 is 5.94. The number of ether oxygens (including phenoxy) is 1. The van der Waals surface area contributed by atoms with Crippen LogP contribution in [0, 0.1) is 0 Å². The SMILES string of the molecule is C[C@H](N)c1cccc(OCC2Cc3ccccc3S2)c1. The Labute approximate surface area is 124 Å². The van der Waals surface area contributed by atoms with Gasteiger partial charge >= 0.3 is 0 Å². The topological polar surface area (TPSA) is 35.2 Å². The highest BCUT2D eigenvalue weighted by Crippen LogP contribution is 2.36. The summed E-state index contributed by atoms with van der Waals surface area (Å²) in [6.45, 7) is 2.73. The molecular weight excluding hydrogens is 266 g/mol. The Morgan fingerprint density at radius 1 is 1.25 bits per heavy atom. The standard InChI is InChI=1S/C17H19NOS/c1-12(18)13-6-4-7-15(9-13)19-11-16-10-14-5-2-3-8-17(14)20-16/h2-9,12,16H,10-11,18H2,1H3/t12-,16?/m0/s1. The third kappa shape index (κ3) is 3.00. The summed E-state index contributed by atoms with van der Waals surface area (Å²) in [6, 6.07) is 16.7. The predicted molar refractivity (Wildman–Crippen MR) is 84.3 cm³/mol. The smallest absolute Gasteiger partial charge is 0.119 e. The van der Waals surface area contributed by atoms with E-state index in [0.717, 1.165) is 24.3 Å². The minimum atomic E-state index is 0.0451. The molecule has 0 radical (unpaired) electrons. The van der Waals surface area contributed by atoms with Crippen LogP contribution < -0.4 is 10.5 Å². The van der Waals surface area contributed by atoms with Crippen LogP contribution in [0.5, 0.6) is 5.75 Å². The Kier molecular flexibility index (Phi) is 3.99. The van der Waals surface area contributed by atoms with Crippen molar-refractivity contribution >= 4 is 11.8 Å². The van der Waals surface area contributed by atoms with Crippen molar-refractivity contribution in [2.45, 2.75) is 29.5 Å². The van der Waals surface area contributed by atoms with Crippen LogP contribution in [0.2, 0.25) is 0 Å². The molecule has 2 N–H and O–H groups in total. The molecule has 0 saturated heterocycles. The van der Waals surface area contributed by atoms with Crippen molar-refractivity contribution in [3.63, 3.8) is 0 Å². The van der Waals surface area contributed by atoms with Gasteiger partial charge in [-0.3, -0.25) is 0 Å². The number of hydrogen-bond acceptors (Lipinski definition) is 3. The zero-order chi connectivity index (χ0) is 13.9. The summed E-state index contributed by atoms with van der Waals surface area (Å²) in [5.41, 5.74) is 8.45. The van der Waals surface area contributed by atoms with E-state index in [2.05, 4.69) is 24.3 Å². The molecule has 0 saturated carbocycles. The second kappa shape index (κ2) is 5.90. The Balaban J connectivity index is 1.60. The first kappa shape index (κ1) is 13.5. The van der Waals surface area contributed by atoms with Gasteiger partial charge < -0.3 is 10.5 Å². The van der Waals surface area contributed by atoms with Crippen LogP contribution in [0.25, 0.3) is 0 Å². The Morgan fingerprint density at radius 2 is 2.10 bits per heavy atom. The largest absolute Gasteiger partial charge is 0.492 e. The lowest BCUT2D eigenvalue weighted by molar-refractivity contribution is 0.317. The van der Waals surface area contributed by atoms with Crippen LogP contribution in [-0.2, 0) is 6.42 Å². The molecule has 0 amide bonds. The van der Waals surface area contributed by atoms with Crippen molar-refractivity contribution in [2.24, 2.45) is 5.73 Å². The molecule has 2 nitrogen and oxygen atoms in total. The van der Waals surface area contributed by atoms with Crippen LogP contribution in [-0.4, -0.2) is 11.9 Å². The summed E-state index contributed by atoms with van der Waals surface area (Å²) >= 11 is 1.92.